The van der Waals surface area contributed by atoms with E-state index in [9.17, 15) is 9.59 Å². The van der Waals surface area contributed by atoms with Crippen molar-refractivity contribution in [2.75, 3.05) is 16.8 Å². The molecular weight excluding hydrogens is 374 g/mol. The molecule has 5 heteroatoms. The van der Waals surface area contributed by atoms with Crippen molar-refractivity contribution >= 4 is 23.2 Å². The maximum absolute atomic E-state index is 13.4. The van der Waals surface area contributed by atoms with Gasteiger partial charge in [0.1, 0.15) is 12.6 Å². The van der Waals surface area contributed by atoms with E-state index in [-0.39, 0.29) is 30.4 Å². The highest BCUT2D eigenvalue weighted by molar-refractivity contribution is 6.10. The number of anilines is 2. The smallest absolute Gasteiger partial charge is 0.285 e. The van der Waals surface area contributed by atoms with Crippen LogP contribution in [0.2, 0.25) is 0 Å². The molecule has 30 heavy (non-hydrogen) atoms. The van der Waals surface area contributed by atoms with Crippen LogP contribution in [0.15, 0.2) is 78.9 Å². The molecule has 152 valence electrons. The van der Waals surface area contributed by atoms with Gasteiger partial charge in [0.25, 0.3) is 5.91 Å². The molecule has 5 nitrogen and oxygen atoms in total. The summed E-state index contributed by atoms with van der Waals surface area (Å²) < 4.78 is 0. The summed E-state index contributed by atoms with van der Waals surface area (Å²) in [6.07, 6.45) is 0. The van der Waals surface area contributed by atoms with Gasteiger partial charge in [-0.2, -0.15) is 0 Å². The standard InChI is InChI=1S/C25H25N3O2/c1-17-12-14-20(15-13-17)24(19-8-4-3-5-9-19)26-18(2)25(30)28-16-23(29)27-21-10-6-7-11-22(21)28/h3-15,18,24,26H,16H2,1-2H3,(H,27,29)/p+1/t18-,24-/m1/s1. The highest BCUT2D eigenvalue weighted by Gasteiger charge is 2.33. The van der Waals surface area contributed by atoms with Crippen molar-refractivity contribution in [1.82, 2.24) is 0 Å². The highest BCUT2D eigenvalue weighted by atomic mass is 16.2. The molecule has 1 heterocycles. The van der Waals surface area contributed by atoms with Gasteiger partial charge in [-0.25, -0.2) is 0 Å². The number of amides is 2. The normalized spacial score (nSPS) is 15.1. The lowest BCUT2D eigenvalue weighted by Crippen LogP contribution is -2.93. The van der Waals surface area contributed by atoms with E-state index in [0.29, 0.717) is 5.69 Å². The molecule has 0 radical (unpaired) electrons. The Morgan fingerprint density at radius 2 is 1.57 bits per heavy atom. The van der Waals surface area contributed by atoms with E-state index in [1.165, 1.54) is 5.56 Å². The van der Waals surface area contributed by atoms with E-state index >= 15 is 0 Å². The van der Waals surface area contributed by atoms with Gasteiger partial charge in [0.15, 0.2) is 6.04 Å². The van der Waals surface area contributed by atoms with E-state index < -0.39 is 0 Å². The number of rotatable bonds is 5. The fourth-order valence-corrected chi connectivity index (χ4v) is 3.90. The number of fused-ring (bicyclic) bond motifs is 1. The zero-order valence-corrected chi connectivity index (χ0v) is 17.2. The second-order valence-corrected chi connectivity index (χ2v) is 7.77. The molecule has 3 N–H and O–H groups in total. The van der Waals surface area contributed by atoms with E-state index in [1.54, 1.807) is 4.90 Å². The van der Waals surface area contributed by atoms with Crippen LogP contribution in [0, 0.1) is 6.92 Å². The molecule has 1 aliphatic rings. The van der Waals surface area contributed by atoms with Gasteiger partial charge in [-0.1, -0.05) is 72.3 Å². The molecule has 0 aromatic heterocycles. The van der Waals surface area contributed by atoms with Crippen LogP contribution in [0.1, 0.15) is 29.7 Å². The number of benzene rings is 3. The molecule has 4 rings (SSSR count). The number of hydrogen-bond acceptors (Lipinski definition) is 2. The first-order valence-corrected chi connectivity index (χ1v) is 10.2. The lowest BCUT2D eigenvalue weighted by Gasteiger charge is -2.31. The minimum Gasteiger partial charge on any atom is -0.326 e. The van der Waals surface area contributed by atoms with Crippen LogP contribution in [-0.2, 0) is 9.59 Å². The predicted octanol–water partition coefficient (Wildman–Crippen LogP) is 3.02. The van der Waals surface area contributed by atoms with Gasteiger partial charge in [-0.3, -0.25) is 14.5 Å². The van der Waals surface area contributed by atoms with Crippen molar-refractivity contribution in [3.63, 3.8) is 0 Å². The number of nitrogens with zero attached hydrogens (tertiary/aromatic N) is 1. The summed E-state index contributed by atoms with van der Waals surface area (Å²) in [6.45, 7) is 4.01. The fourth-order valence-electron chi connectivity index (χ4n) is 3.90. The van der Waals surface area contributed by atoms with Crippen molar-refractivity contribution in [3.8, 4) is 0 Å². The number of aryl methyl sites for hydroxylation is 1. The van der Waals surface area contributed by atoms with Crippen molar-refractivity contribution < 1.29 is 14.9 Å². The second-order valence-electron chi connectivity index (χ2n) is 7.77. The number of hydrogen-bond donors (Lipinski definition) is 2. The number of carbonyl (C=O) groups is 2. The average molecular weight is 401 g/mol. The average Bonchev–Trinajstić information content (AvgIpc) is 2.77. The number of quaternary nitrogens is 1. The van der Waals surface area contributed by atoms with Crippen LogP contribution in [0.4, 0.5) is 11.4 Å². The Kier molecular flexibility index (Phi) is 5.63. The molecule has 0 saturated carbocycles. The first kappa shape index (κ1) is 19.9. The maximum Gasteiger partial charge on any atom is 0.285 e. The molecule has 0 spiro atoms. The molecule has 3 aromatic carbocycles. The van der Waals surface area contributed by atoms with Crippen LogP contribution >= 0.6 is 0 Å². The van der Waals surface area contributed by atoms with Crippen LogP contribution < -0.4 is 15.5 Å². The Morgan fingerprint density at radius 3 is 2.30 bits per heavy atom. The van der Waals surface area contributed by atoms with Crippen molar-refractivity contribution in [3.05, 3.63) is 95.6 Å². The Hall–Kier alpha value is -3.44. The summed E-state index contributed by atoms with van der Waals surface area (Å²) in [7, 11) is 0. The minimum absolute atomic E-state index is 0.0142. The Labute approximate surface area is 176 Å². The highest BCUT2D eigenvalue weighted by Crippen LogP contribution is 2.29. The summed E-state index contributed by atoms with van der Waals surface area (Å²) >= 11 is 0. The molecule has 0 fully saturated rings. The summed E-state index contributed by atoms with van der Waals surface area (Å²) in [5.41, 5.74) is 4.90. The topological polar surface area (TPSA) is 66.0 Å². The van der Waals surface area contributed by atoms with Crippen LogP contribution in [0.3, 0.4) is 0 Å². The zero-order chi connectivity index (χ0) is 21.1. The molecule has 2 amide bonds. The molecule has 0 unspecified atom stereocenters. The first-order valence-electron chi connectivity index (χ1n) is 10.2. The molecular formula is C25H26N3O2+. The van der Waals surface area contributed by atoms with Gasteiger partial charge in [0.05, 0.1) is 11.4 Å². The summed E-state index contributed by atoms with van der Waals surface area (Å²) in [5, 5.41) is 4.92. The molecule has 3 aromatic rings. The Bertz CT molecular complexity index is 1050. The van der Waals surface area contributed by atoms with Gasteiger partial charge in [0, 0.05) is 11.1 Å². The SMILES string of the molecule is Cc1ccc([C@H]([NH2+][C@H](C)C(=O)N2CC(=O)Nc3ccccc32)c2ccccc2)cc1. The monoisotopic (exact) mass is 400 g/mol. The van der Waals surface area contributed by atoms with Crippen LogP contribution in [-0.4, -0.2) is 24.4 Å². The Balaban J connectivity index is 1.61. The summed E-state index contributed by atoms with van der Waals surface area (Å²) in [4.78, 5) is 27.1. The zero-order valence-electron chi connectivity index (χ0n) is 17.2. The van der Waals surface area contributed by atoms with E-state index in [1.807, 2.05) is 49.4 Å². The van der Waals surface area contributed by atoms with Crippen molar-refractivity contribution in [1.29, 1.82) is 0 Å². The van der Waals surface area contributed by atoms with Gasteiger partial charge in [-0.15, -0.1) is 0 Å². The van der Waals surface area contributed by atoms with Crippen LogP contribution in [0.25, 0.3) is 0 Å². The lowest BCUT2D eigenvalue weighted by molar-refractivity contribution is -0.704. The van der Waals surface area contributed by atoms with E-state index in [0.717, 1.165) is 16.8 Å². The number of nitrogens with two attached hydrogens (primary N) is 1. The fraction of sp³-hybridized carbons (Fsp3) is 0.200. The van der Waals surface area contributed by atoms with E-state index in [4.69, 9.17) is 0 Å². The van der Waals surface area contributed by atoms with Crippen molar-refractivity contribution in [2.45, 2.75) is 25.9 Å². The van der Waals surface area contributed by atoms with Gasteiger partial charge in [0.2, 0.25) is 5.91 Å². The largest absolute Gasteiger partial charge is 0.326 e. The quantitative estimate of drug-likeness (QED) is 0.691. The minimum atomic E-state index is -0.365. The second kappa shape index (κ2) is 8.51. The van der Waals surface area contributed by atoms with Gasteiger partial charge < -0.3 is 10.6 Å². The molecule has 0 bridgehead atoms. The molecule has 0 saturated heterocycles. The maximum atomic E-state index is 13.4. The predicted molar refractivity (Wildman–Crippen MR) is 118 cm³/mol. The van der Waals surface area contributed by atoms with Gasteiger partial charge in [-0.05, 0) is 26.0 Å². The first-order chi connectivity index (χ1) is 14.5. The third-order valence-corrected chi connectivity index (χ3v) is 5.50. The third kappa shape index (κ3) is 4.11. The third-order valence-electron chi connectivity index (χ3n) is 5.50. The lowest BCUT2D eigenvalue weighted by atomic mass is 9.97. The Morgan fingerprint density at radius 1 is 0.933 bits per heavy atom. The molecule has 2 atom stereocenters. The summed E-state index contributed by atoms with van der Waals surface area (Å²) in [6, 6.07) is 25.7. The van der Waals surface area contributed by atoms with Crippen molar-refractivity contribution in [2.24, 2.45) is 0 Å². The van der Waals surface area contributed by atoms with E-state index in [2.05, 4.69) is 54.0 Å². The molecule has 1 aliphatic heterocycles. The molecule has 0 aliphatic carbocycles. The number of carbonyl (C=O) groups excluding carboxylic acids is 2. The van der Waals surface area contributed by atoms with Crippen LogP contribution in [0.5, 0.6) is 0 Å². The summed E-state index contributed by atoms with van der Waals surface area (Å²) in [5.74, 6) is -0.252. The number of nitrogens with one attached hydrogen (secondary N) is 1. The van der Waals surface area contributed by atoms with Gasteiger partial charge >= 0.3 is 0 Å². The number of para-hydroxylation sites is 2.